The van der Waals surface area contributed by atoms with Gasteiger partial charge in [0, 0.05) is 23.1 Å². The van der Waals surface area contributed by atoms with Crippen molar-refractivity contribution in [1.82, 2.24) is 0 Å². The van der Waals surface area contributed by atoms with Crippen molar-refractivity contribution in [1.29, 1.82) is 0 Å². The smallest absolute Gasteiger partial charge is 0.256 e. The SMILES string of the molecule is CCCO[C@@](C)(CCC)C(=O)Nc1ccc(O[C@@H](C)CC)c2ccccc12. The summed E-state index contributed by atoms with van der Waals surface area (Å²) in [5, 5.41) is 5.07. The number of hydrogen-bond donors (Lipinski definition) is 1. The molecule has 0 aliphatic carbocycles. The van der Waals surface area contributed by atoms with Crippen LogP contribution in [0.15, 0.2) is 36.4 Å². The second-order valence-electron chi connectivity index (χ2n) is 7.28. The molecule has 0 fully saturated rings. The predicted octanol–water partition coefficient (Wildman–Crippen LogP) is 5.94. The van der Waals surface area contributed by atoms with E-state index in [1.807, 2.05) is 50.2 Å². The predicted molar refractivity (Wildman–Crippen MR) is 113 cm³/mol. The van der Waals surface area contributed by atoms with Crippen LogP contribution in [-0.2, 0) is 9.53 Å². The molecule has 0 saturated carbocycles. The zero-order valence-corrected chi connectivity index (χ0v) is 17.3. The monoisotopic (exact) mass is 371 g/mol. The summed E-state index contributed by atoms with van der Waals surface area (Å²) in [7, 11) is 0. The Morgan fingerprint density at radius 3 is 2.41 bits per heavy atom. The highest BCUT2D eigenvalue weighted by molar-refractivity contribution is 6.06. The summed E-state index contributed by atoms with van der Waals surface area (Å²) in [4.78, 5) is 13.0. The number of carbonyl (C=O) groups is 1. The summed E-state index contributed by atoms with van der Waals surface area (Å²) in [6, 6.07) is 11.9. The Balaban J connectivity index is 2.33. The van der Waals surface area contributed by atoms with Gasteiger partial charge in [-0.2, -0.15) is 0 Å². The molecule has 0 aliphatic rings. The summed E-state index contributed by atoms with van der Waals surface area (Å²) < 4.78 is 12.0. The second-order valence-corrected chi connectivity index (χ2v) is 7.28. The van der Waals surface area contributed by atoms with Crippen LogP contribution in [0, 0.1) is 0 Å². The van der Waals surface area contributed by atoms with E-state index in [1.165, 1.54) is 0 Å². The van der Waals surface area contributed by atoms with Crippen LogP contribution in [0.3, 0.4) is 0 Å². The molecule has 0 aromatic heterocycles. The average molecular weight is 372 g/mol. The molecule has 0 aliphatic heterocycles. The first kappa shape index (κ1) is 21.2. The standard InChI is InChI=1S/C23H33NO3/c1-6-15-23(5,26-16-7-2)22(25)24-20-13-14-21(27-17(4)8-3)19-12-10-9-11-18(19)20/h9-14,17H,6-8,15-16H2,1-5H3,(H,24,25)/t17-,23-/m0/s1. The third-order valence-corrected chi connectivity index (χ3v) is 4.87. The quantitative estimate of drug-likeness (QED) is 0.562. The highest BCUT2D eigenvalue weighted by Gasteiger charge is 2.33. The van der Waals surface area contributed by atoms with Crippen LogP contribution in [0.4, 0.5) is 5.69 Å². The number of anilines is 1. The Morgan fingerprint density at radius 1 is 1.07 bits per heavy atom. The van der Waals surface area contributed by atoms with Crippen molar-refractivity contribution < 1.29 is 14.3 Å². The van der Waals surface area contributed by atoms with E-state index in [0.717, 1.165) is 41.5 Å². The van der Waals surface area contributed by atoms with Crippen molar-refractivity contribution in [2.24, 2.45) is 0 Å². The van der Waals surface area contributed by atoms with Crippen LogP contribution in [0.1, 0.15) is 60.3 Å². The van der Waals surface area contributed by atoms with Gasteiger partial charge in [-0.1, -0.05) is 51.5 Å². The molecule has 2 rings (SSSR count). The molecule has 1 amide bonds. The number of fused-ring (bicyclic) bond motifs is 1. The molecule has 0 saturated heterocycles. The summed E-state index contributed by atoms with van der Waals surface area (Å²) in [5.74, 6) is 0.745. The van der Waals surface area contributed by atoms with Crippen LogP contribution >= 0.6 is 0 Å². The highest BCUT2D eigenvalue weighted by atomic mass is 16.5. The summed E-state index contributed by atoms with van der Waals surface area (Å²) in [6.07, 6.45) is 3.54. The third kappa shape index (κ3) is 5.23. The summed E-state index contributed by atoms with van der Waals surface area (Å²) >= 11 is 0. The lowest BCUT2D eigenvalue weighted by molar-refractivity contribution is -0.140. The lowest BCUT2D eigenvalue weighted by Crippen LogP contribution is -2.43. The van der Waals surface area contributed by atoms with Gasteiger partial charge in [-0.3, -0.25) is 4.79 Å². The lowest BCUT2D eigenvalue weighted by Gasteiger charge is -2.28. The van der Waals surface area contributed by atoms with Crippen LogP contribution < -0.4 is 10.1 Å². The molecular formula is C23H33NO3. The second kappa shape index (κ2) is 9.75. The molecule has 4 nitrogen and oxygen atoms in total. The van der Waals surface area contributed by atoms with Crippen LogP contribution in [0.5, 0.6) is 5.75 Å². The lowest BCUT2D eigenvalue weighted by atomic mass is 9.98. The van der Waals surface area contributed by atoms with Crippen molar-refractivity contribution in [3.63, 3.8) is 0 Å². The minimum Gasteiger partial charge on any atom is -0.490 e. The molecule has 2 aromatic rings. The van der Waals surface area contributed by atoms with Crippen LogP contribution in [0.2, 0.25) is 0 Å². The van der Waals surface area contributed by atoms with E-state index in [0.29, 0.717) is 13.0 Å². The van der Waals surface area contributed by atoms with E-state index >= 15 is 0 Å². The van der Waals surface area contributed by atoms with E-state index in [2.05, 4.69) is 26.1 Å². The summed E-state index contributed by atoms with van der Waals surface area (Å²) in [6.45, 7) is 10.7. The zero-order valence-electron chi connectivity index (χ0n) is 17.3. The molecule has 27 heavy (non-hydrogen) atoms. The van der Waals surface area contributed by atoms with Gasteiger partial charge in [-0.05, 0) is 45.2 Å². The Hall–Kier alpha value is -2.07. The van der Waals surface area contributed by atoms with Crippen molar-refractivity contribution in [3.05, 3.63) is 36.4 Å². The van der Waals surface area contributed by atoms with Gasteiger partial charge in [0.05, 0.1) is 6.10 Å². The number of rotatable bonds is 10. The minimum absolute atomic E-state index is 0.0986. The van der Waals surface area contributed by atoms with Crippen LogP contribution in [0.25, 0.3) is 10.8 Å². The van der Waals surface area contributed by atoms with Gasteiger partial charge in [0.2, 0.25) is 0 Å². The Morgan fingerprint density at radius 2 is 1.78 bits per heavy atom. The highest BCUT2D eigenvalue weighted by Crippen LogP contribution is 2.33. The molecule has 0 bridgehead atoms. The molecule has 2 aromatic carbocycles. The fraction of sp³-hybridized carbons (Fsp3) is 0.522. The van der Waals surface area contributed by atoms with E-state index in [-0.39, 0.29) is 12.0 Å². The number of amides is 1. The van der Waals surface area contributed by atoms with Gasteiger partial charge >= 0.3 is 0 Å². The Kier molecular flexibility index (Phi) is 7.66. The van der Waals surface area contributed by atoms with Gasteiger partial charge in [0.15, 0.2) is 0 Å². The Bertz CT molecular complexity index is 758. The Labute approximate surface area is 163 Å². The van der Waals surface area contributed by atoms with E-state index in [1.54, 1.807) is 0 Å². The molecule has 1 N–H and O–H groups in total. The number of hydrogen-bond acceptors (Lipinski definition) is 3. The first-order chi connectivity index (χ1) is 12.9. The maximum absolute atomic E-state index is 13.0. The van der Waals surface area contributed by atoms with Gasteiger partial charge in [-0.25, -0.2) is 0 Å². The molecule has 148 valence electrons. The van der Waals surface area contributed by atoms with Crippen molar-refractivity contribution in [2.45, 2.75) is 72.0 Å². The van der Waals surface area contributed by atoms with Gasteiger partial charge in [0.1, 0.15) is 11.4 Å². The normalized spacial score (nSPS) is 14.6. The first-order valence-electron chi connectivity index (χ1n) is 10.1. The van der Waals surface area contributed by atoms with Crippen molar-refractivity contribution >= 4 is 22.4 Å². The number of benzene rings is 2. The molecular weight excluding hydrogens is 338 g/mol. The maximum Gasteiger partial charge on any atom is 0.256 e. The molecule has 2 atom stereocenters. The van der Waals surface area contributed by atoms with Gasteiger partial charge in [-0.15, -0.1) is 0 Å². The first-order valence-corrected chi connectivity index (χ1v) is 10.1. The molecule has 0 heterocycles. The van der Waals surface area contributed by atoms with E-state index < -0.39 is 5.60 Å². The van der Waals surface area contributed by atoms with Crippen molar-refractivity contribution in [3.8, 4) is 5.75 Å². The average Bonchev–Trinajstić information content (AvgIpc) is 2.68. The fourth-order valence-electron chi connectivity index (χ4n) is 3.09. The number of ether oxygens (including phenoxy) is 2. The molecule has 0 spiro atoms. The minimum atomic E-state index is -0.822. The third-order valence-electron chi connectivity index (χ3n) is 4.87. The van der Waals surface area contributed by atoms with Gasteiger partial charge in [0.25, 0.3) is 5.91 Å². The van der Waals surface area contributed by atoms with E-state index in [4.69, 9.17) is 9.47 Å². The summed E-state index contributed by atoms with van der Waals surface area (Å²) in [5.41, 5.74) is -0.0351. The number of carbonyl (C=O) groups excluding carboxylic acids is 1. The molecule has 0 radical (unpaired) electrons. The molecule has 4 heteroatoms. The van der Waals surface area contributed by atoms with Gasteiger partial charge < -0.3 is 14.8 Å². The topological polar surface area (TPSA) is 47.6 Å². The maximum atomic E-state index is 13.0. The van der Waals surface area contributed by atoms with Crippen LogP contribution in [-0.4, -0.2) is 24.2 Å². The number of nitrogens with one attached hydrogen (secondary N) is 1. The largest absolute Gasteiger partial charge is 0.490 e. The van der Waals surface area contributed by atoms with Crippen molar-refractivity contribution in [2.75, 3.05) is 11.9 Å². The fourth-order valence-corrected chi connectivity index (χ4v) is 3.09. The molecule has 0 unspecified atom stereocenters. The van der Waals surface area contributed by atoms with E-state index in [9.17, 15) is 4.79 Å². The zero-order chi connectivity index (χ0) is 19.9.